The van der Waals surface area contributed by atoms with Crippen LogP contribution in [0.5, 0.6) is 0 Å². The molecule has 0 fully saturated rings. The van der Waals surface area contributed by atoms with Crippen LogP contribution in [0.2, 0.25) is 0 Å². The van der Waals surface area contributed by atoms with Gasteiger partial charge in [-0.15, -0.1) is 11.6 Å². The minimum absolute atomic E-state index is 0.0668. The van der Waals surface area contributed by atoms with Crippen LogP contribution in [0.4, 0.5) is 10.1 Å². The molecular weight excluding hydrogens is 249 g/mol. The molecule has 0 spiro atoms. The molecule has 4 nitrogen and oxygen atoms in total. The number of β-amino-alcohol motifs (C(OH)–C–C–N with tert-alkyl or cyclic N) is 1. The fourth-order valence-corrected chi connectivity index (χ4v) is 1.81. The Morgan fingerprint density at radius 2 is 2.12 bits per heavy atom. The first-order valence-corrected chi connectivity index (χ1v) is 5.48. The van der Waals surface area contributed by atoms with E-state index in [1.807, 2.05) is 0 Å². The molecule has 2 rings (SSSR count). The van der Waals surface area contributed by atoms with Gasteiger partial charge in [-0.2, -0.15) is 0 Å². The first-order chi connectivity index (χ1) is 8.04. The standard InChI is InChI=1S/C11H9ClFNO3/c12-4-7(15)5-14-9-3-6(13)1-2-8(9)10(16)11(14)17/h1-3,7,15H,4-5H2. The molecule has 1 atom stereocenters. The van der Waals surface area contributed by atoms with E-state index in [2.05, 4.69) is 0 Å². The fraction of sp³-hybridized carbons (Fsp3) is 0.273. The third-order valence-corrected chi connectivity index (χ3v) is 2.86. The molecule has 0 aliphatic carbocycles. The molecule has 1 aliphatic heterocycles. The molecule has 1 amide bonds. The van der Waals surface area contributed by atoms with Gasteiger partial charge in [-0.3, -0.25) is 9.59 Å². The Kier molecular flexibility index (Phi) is 3.13. The summed E-state index contributed by atoms with van der Waals surface area (Å²) in [5.74, 6) is -2.07. The van der Waals surface area contributed by atoms with E-state index in [4.69, 9.17) is 11.6 Å². The monoisotopic (exact) mass is 257 g/mol. The quantitative estimate of drug-likeness (QED) is 0.648. The number of nitrogens with zero attached hydrogens (tertiary/aromatic N) is 1. The van der Waals surface area contributed by atoms with E-state index in [-0.39, 0.29) is 23.7 Å². The average Bonchev–Trinajstić information content (AvgIpc) is 2.54. The van der Waals surface area contributed by atoms with Gasteiger partial charge in [-0.1, -0.05) is 0 Å². The summed E-state index contributed by atoms with van der Waals surface area (Å²) in [6.45, 7) is -0.121. The number of aliphatic hydroxyl groups excluding tert-OH is 1. The number of fused-ring (bicyclic) bond motifs is 1. The van der Waals surface area contributed by atoms with Gasteiger partial charge in [0.2, 0.25) is 0 Å². The maximum Gasteiger partial charge on any atom is 0.299 e. The first kappa shape index (κ1) is 12.0. The van der Waals surface area contributed by atoms with Crippen LogP contribution in [-0.2, 0) is 4.79 Å². The van der Waals surface area contributed by atoms with E-state index >= 15 is 0 Å². The molecule has 0 saturated carbocycles. The second-order valence-electron chi connectivity index (χ2n) is 3.71. The molecule has 1 aromatic carbocycles. The maximum atomic E-state index is 13.1. The van der Waals surface area contributed by atoms with E-state index in [1.54, 1.807) is 0 Å². The van der Waals surface area contributed by atoms with Crippen molar-refractivity contribution in [2.75, 3.05) is 17.3 Å². The van der Waals surface area contributed by atoms with Crippen molar-refractivity contribution >= 4 is 29.0 Å². The Labute approximate surface area is 102 Å². The highest BCUT2D eigenvalue weighted by atomic mass is 35.5. The number of Topliss-reactive ketones (excluding diaryl/α,β-unsaturated/α-hetero) is 1. The van der Waals surface area contributed by atoms with Crippen molar-refractivity contribution in [1.29, 1.82) is 0 Å². The van der Waals surface area contributed by atoms with E-state index < -0.39 is 23.6 Å². The van der Waals surface area contributed by atoms with E-state index in [0.29, 0.717) is 0 Å². The molecule has 1 N–H and O–H groups in total. The minimum Gasteiger partial charge on any atom is -0.390 e. The van der Waals surface area contributed by atoms with Crippen LogP contribution < -0.4 is 4.90 Å². The summed E-state index contributed by atoms with van der Waals surface area (Å²) < 4.78 is 13.1. The van der Waals surface area contributed by atoms with Gasteiger partial charge in [0.15, 0.2) is 0 Å². The van der Waals surface area contributed by atoms with Crippen molar-refractivity contribution in [3.63, 3.8) is 0 Å². The molecule has 1 unspecified atom stereocenters. The third kappa shape index (κ3) is 2.03. The number of halogens is 2. The Bertz CT molecular complexity index is 492. The largest absolute Gasteiger partial charge is 0.390 e. The summed E-state index contributed by atoms with van der Waals surface area (Å²) in [6.07, 6.45) is -0.956. The van der Waals surface area contributed by atoms with Gasteiger partial charge >= 0.3 is 0 Å². The molecule has 17 heavy (non-hydrogen) atoms. The average molecular weight is 258 g/mol. The van der Waals surface area contributed by atoms with Gasteiger partial charge in [0, 0.05) is 0 Å². The topological polar surface area (TPSA) is 57.6 Å². The zero-order chi connectivity index (χ0) is 12.6. The smallest absolute Gasteiger partial charge is 0.299 e. The lowest BCUT2D eigenvalue weighted by Gasteiger charge is -2.18. The van der Waals surface area contributed by atoms with Crippen molar-refractivity contribution in [2.45, 2.75) is 6.10 Å². The lowest BCUT2D eigenvalue weighted by atomic mass is 10.1. The second kappa shape index (κ2) is 4.43. The third-order valence-electron chi connectivity index (χ3n) is 2.51. The molecule has 0 aromatic heterocycles. The van der Waals surface area contributed by atoms with Crippen LogP contribution >= 0.6 is 11.6 Å². The molecule has 6 heteroatoms. The summed E-state index contributed by atoms with van der Waals surface area (Å²) in [6, 6.07) is 3.47. The predicted molar refractivity (Wildman–Crippen MR) is 59.8 cm³/mol. The first-order valence-electron chi connectivity index (χ1n) is 4.94. The van der Waals surface area contributed by atoms with Gasteiger partial charge in [0.1, 0.15) is 5.82 Å². The number of carbonyl (C=O) groups excluding carboxylic acids is 2. The van der Waals surface area contributed by atoms with Crippen molar-refractivity contribution < 1.29 is 19.1 Å². The van der Waals surface area contributed by atoms with Gasteiger partial charge in [-0.05, 0) is 18.2 Å². The summed E-state index contributed by atoms with van der Waals surface area (Å²) in [5, 5.41) is 9.39. The fourth-order valence-electron chi connectivity index (χ4n) is 1.71. The zero-order valence-electron chi connectivity index (χ0n) is 8.69. The normalized spacial score (nSPS) is 16.3. The maximum absolute atomic E-state index is 13.1. The number of carbonyl (C=O) groups is 2. The number of ketones is 1. The predicted octanol–water partition coefficient (Wildman–Crippen LogP) is 0.955. The van der Waals surface area contributed by atoms with Crippen LogP contribution in [0, 0.1) is 5.82 Å². The lowest BCUT2D eigenvalue weighted by Crippen LogP contribution is -2.37. The number of aliphatic hydroxyl groups is 1. The Morgan fingerprint density at radius 1 is 1.41 bits per heavy atom. The highest BCUT2D eigenvalue weighted by Gasteiger charge is 2.36. The molecule has 0 bridgehead atoms. The minimum atomic E-state index is -0.956. The highest BCUT2D eigenvalue weighted by Crippen LogP contribution is 2.29. The summed E-state index contributed by atoms with van der Waals surface area (Å²) >= 11 is 5.43. The number of hydrogen-bond acceptors (Lipinski definition) is 3. The number of anilines is 1. The summed E-state index contributed by atoms with van der Waals surface area (Å²) in [7, 11) is 0. The number of benzene rings is 1. The Hall–Kier alpha value is -1.46. The van der Waals surface area contributed by atoms with Crippen LogP contribution in [0.25, 0.3) is 0 Å². The van der Waals surface area contributed by atoms with Gasteiger partial charge in [0.05, 0.1) is 29.8 Å². The number of rotatable bonds is 3. The van der Waals surface area contributed by atoms with Crippen LogP contribution in [0.3, 0.4) is 0 Å². The molecule has 90 valence electrons. The van der Waals surface area contributed by atoms with Crippen LogP contribution in [-0.4, -0.2) is 35.3 Å². The van der Waals surface area contributed by atoms with E-state index in [1.165, 1.54) is 6.07 Å². The number of hydrogen-bond donors (Lipinski definition) is 1. The van der Waals surface area contributed by atoms with Crippen LogP contribution in [0.15, 0.2) is 18.2 Å². The van der Waals surface area contributed by atoms with Gasteiger partial charge in [0.25, 0.3) is 11.7 Å². The van der Waals surface area contributed by atoms with Crippen molar-refractivity contribution in [3.05, 3.63) is 29.6 Å². The van der Waals surface area contributed by atoms with Gasteiger partial charge < -0.3 is 10.0 Å². The summed E-state index contributed by atoms with van der Waals surface area (Å²) in [4.78, 5) is 24.2. The lowest BCUT2D eigenvalue weighted by molar-refractivity contribution is -0.114. The Morgan fingerprint density at radius 3 is 2.76 bits per heavy atom. The molecule has 0 saturated heterocycles. The molecule has 0 radical (unpaired) electrons. The zero-order valence-corrected chi connectivity index (χ0v) is 9.45. The molecule has 1 heterocycles. The highest BCUT2D eigenvalue weighted by molar-refractivity contribution is 6.52. The molecule has 1 aromatic rings. The van der Waals surface area contributed by atoms with Gasteiger partial charge in [-0.25, -0.2) is 4.39 Å². The molecule has 1 aliphatic rings. The summed E-state index contributed by atoms with van der Waals surface area (Å²) in [5.41, 5.74) is 0.335. The number of alkyl halides is 1. The number of amides is 1. The van der Waals surface area contributed by atoms with E-state index in [0.717, 1.165) is 17.0 Å². The van der Waals surface area contributed by atoms with Crippen molar-refractivity contribution in [2.24, 2.45) is 0 Å². The molecular formula is C11H9ClFNO3. The Balaban J connectivity index is 2.39. The van der Waals surface area contributed by atoms with Crippen molar-refractivity contribution in [1.82, 2.24) is 0 Å². The second-order valence-corrected chi connectivity index (χ2v) is 4.02. The van der Waals surface area contributed by atoms with Crippen molar-refractivity contribution in [3.8, 4) is 0 Å². The van der Waals surface area contributed by atoms with Crippen LogP contribution in [0.1, 0.15) is 10.4 Å². The van der Waals surface area contributed by atoms with E-state index in [9.17, 15) is 19.1 Å². The SMILES string of the molecule is O=C1C(=O)N(CC(O)CCl)c2cc(F)ccc21.